The maximum Gasteiger partial charge on any atom is 0.250 e. The fourth-order valence-electron chi connectivity index (χ4n) is 6.49. The van der Waals surface area contributed by atoms with Crippen LogP contribution in [-0.4, -0.2) is 72.6 Å². The van der Waals surface area contributed by atoms with Gasteiger partial charge in [0.2, 0.25) is 5.91 Å². The number of likely N-dealkylation sites (tertiary alicyclic amines) is 1. The molecule has 0 radical (unpaired) electrons. The van der Waals surface area contributed by atoms with E-state index < -0.39 is 29.5 Å². The number of methoxy groups -OCH3 is 1. The van der Waals surface area contributed by atoms with Crippen molar-refractivity contribution in [1.29, 1.82) is 0 Å². The Balaban J connectivity index is 1.22. The Morgan fingerprint density at radius 1 is 1.04 bits per heavy atom. The number of carbonyl (C=O) groups excluding carboxylic acids is 1. The SMILES string of the molecule is C=CC(=O)Nc1cc(Nc2cc(N3OCC[C@@H]3c3cc(F)ccc3F)ncn2)c(OC)cc1N1CCC(N2CCC(F)(F)CC2)CC1. The number of amides is 1. The van der Waals surface area contributed by atoms with E-state index in [1.807, 2.05) is 6.07 Å². The maximum absolute atomic E-state index is 14.6. The van der Waals surface area contributed by atoms with Crippen molar-refractivity contribution in [3.63, 3.8) is 0 Å². The zero-order valence-corrected chi connectivity index (χ0v) is 26.0. The maximum atomic E-state index is 14.6. The third-order valence-electron chi connectivity index (χ3n) is 8.98. The molecule has 0 spiro atoms. The number of halogens is 4. The van der Waals surface area contributed by atoms with Crippen LogP contribution in [0.1, 0.15) is 43.7 Å². The molecule has 3 saturated heterocycles. The lowest BCUT2D eigenvalue weighted by atomic mass is 9.98. The van der Waals surface area contributed by atoms with Gasteiger partial charge in [0.15, 0.2) is 5.82 Å². The number of nitrogens with one attached hydrogen (secondary N) is 2. The molecule has 3 aliphatic rings. The Morgan fingerprint density at radius 2 is 1.81 bits per heavy atom. The lowest BCUT2D eigenvalue weighted by molar-refractivity contribution is -0.111. The number of hydrogen-bond acceptors (Lipinski definition) is 9. The van der Waals surface area contributed by atoms with Gasteiger partial charge in [0.1, 0.15) is 29.5 Å². The van der Waals surface area contributed by atoms with Crippen LogP contribution >= 0.6 is 0 Å². The number of carbonyl (C=O) groups is 1. The molecule has 0 aliphatic carbocycles. The molecule has 0 unspecified atom stereocenters. The normalized spacial score (nSPS) is 20.2. The molecular weight excluding hydrogens is 618 g/mol. The number of piperidine rings is 2. The minimum absolute atomic E-state index is 0.109. The molecule has 2 aromatic carbocycles. The van der Waals surface area contributed by atoms with Gasteiger partial charge in [-0.2, -0.15) is 0 Å². The van der Waals surface area contributed by atoms with Crippen molar-refractivity contribution in [2.45, 2.75) is 50.1 Å². The van der Waals surface area contributed by atoms with Crippen LogP contribution in [0, 0.1) is 11.6 Å². The second kappa shape index (κ2) is 13.7. The molecule has 250 valence electrons. The summed E-state index contributed by atoms with van der Waals surface area (Å²) in [6.45, 7) is 5.99. The molecule has 14 heteroatoms. The number of hydrogen-bond donors (Lipinski definition) is 2. The van der Waals surface area contributed by atoms with Gasteiger partial charge >= 0.3 is 0 Å². The van der Waals surface area contributed by atoms with E-state index in [1.54, 1.807) is 12.1 Å². The number of aromatic nitrogens is 2. The molecule has 1 amide bonds. The standard InChI is InChI=1S/C33H37F4N7O3/c1-3-32(45)41-25-17-26(29(46-2)18-28(25)43-11-6-22(7-12-43)42-13-9-33(36,37)10-14-42)40-30-19-31(39-20-38-30)44-27(8-15-47-44)23-16-21(34)4-5-24(23)35/h3-5,16-20,22,27H,1,6-15H2,2H3,(H,41,45)(H,38,39,40)/t27-/m1/s1. The van der Waals surface area contributed by atoms with Crippen molar-refractivity contribution in [2.75, 3.05) is 60.5 Å². The van der Waals surface area contributed by atoms with E-state index in [0.29, 0.717) is 68.0 Å². The number of alkyl halides is 2. The summed E-state index contributed by atoms with van der Waals surface area (Å²) in [5.74, 6) is -2.88. The van der Waals surface area contributed by atoms with Crippen LogP contribution in [0.4, 0.5) is 46.3 Å². The van der Waals surface area contributed by atoms with Crippen molar-refractivity contribution in [1.82, 2.24) is 14.9 Å². The first-order valence-corrected chi connectivity index (χ1v) is 15.6. The van der Waals surface area contributed by atoms with Crippen LogP contribution in [0.5, 0.6) is 5.75 Å². The first-order valence-electron chi connectivity index (χ1n) is 15.6. The molecule has 0 bridgehead atoms. The Kier molecular flexibility index (Phi) is 9.50. The van der Waals surface area contributed by atoms with Crippen LogP contribution in [-0.2, 0) is 9.63 Å². The van der Waals surface area contributed by atoms with Crippen LogP contribution in [0.3, 0.4) is 0 Å². The number of hydroxylamine groups is 1. The summed E-state index contributed by atoms with van der Waals surface area (Å²) in [6.07, 6.45) is 4.32. The summed E-state index contributed by atoms with van der Waals surface area (Å²) in [5.41, 5.74) is 1.93. The highest BCUT2D eigenvalue weighted by atomic mass is 19.3. The topological polar surface area (TPSA) is 95.1 Å². The molecular formula is C33H37F4N7O3. The summed E-state index contributed by atoms with van der Waals surface area (Å²) < 4.78 is 61.8. The molecule has 3 aliphatic heterocycles. The average Bonchev–Trinajstić information content (AvgIpc) is 3.56. The van der Waals surface area contributed by atoms with Gasteiger partial charge in [0, 0.05) is 69.2 Å². The van der Waals surface area contributed by atoms with Crippen molar-refractivity contribution >= 4 is 34.6 Å². The van der Waals surface area contributed by atoms with Crippen molar-refractivity contribution in [3.05, 3.63) is 72.6 Å². The van der Waals surface area contributed by atoms with Crippen LogP contribution in [0.25, 0.3) is 0 Å². The quantitative estimate of drug-likeness (QED) is 0.206. The molecule has 10 nitrogen and oxygen atoms in total. The fraction of sp³-hybridized carbons (Fsp3) is 0.424. The first-order chi connectivity index (χ1) is 22.6. The summed E-state index contributed by atoms with van der Waals surface area (Å²) in [4.78, 5) is 31.2. The van der Waals surface area contributed by atoms with E-state index in [0.717, 1.165) is 36.7 Å². The predicted octanol–water partition coefficient (Wildman–Crippen LogP) is 6.21. The number of anilines is 5. The average molecular weight is 656 g/mol. The Hall–Kier alpha value is -4.43. The van der Waals surface area contributed by atoms with Crippen LogP contribution in [0.2, 0.25) is 0 Å². The van der Waals surface area contributed by atoms with Gasteiger partial charge in [-0.05, 0) is 43.2 Å². The molecule has 3 aromatic rings. The summed E-state index contributed by atoms with van der Waals surface area (Å²) in [7, 11) is 1.53. The third-order valence-corrected chi connectivity index (χ3v) is 8.98. The monoisotopic (exact) mass is 655 g/mol. The van der Waals surface area contributed by atoms with Gasteiger partial charge in [-0.25, -0.2) is 32.6 Å². The van der Waals surface area contributed by atoms with E-state index in [2.05, 4.69) is 37.0 Å². The van der Waals surface area contributed by atoms with Gasteiger partial charge in [0.25, 0.3) is 5.92 Å². The van der Waals surface area contributed by atoms with Crippen molar-refractivity contribution in [3.8, 4) is 5.75 Å². The number of rotatable bonds is 9. The highest BCUT2D eigenvalue weighted by Crippen LogP contribution is 2.41. The third kappa shape index (κ3) is 7.28. The highest BCUT2D eigenvalue weighted by molar-refractivity contribution is 6.02. The Morgan fingerprint density at radius 3 is 2.53 bits per heavy atom. The number of ether oxygens (including phenoxy) is 1. The molecule has 1 aromatic heterocycles. The fourth-order valence-corrected chi connectivity index (χ4v) is 6.49. The van der Waals surface area contributed by atoms with E-state index in [4.69, 9.17) is 9.57 Å². The zero-order valence-electron chi connectivity index (χ0n) is 26.0. The van der Waals surface area contributed by atoms with E-state index >= 15 is 0 Å². The van der Waals surface area contributed by atoms with Crippen LogP contribution < -0.4 is 25.3 Å². The molecule has 6 rings (SSSR count). The first kappa shape index (κ1) is 32.5. The minimum atomic E-state index is -2.58. The molecule has 4 heterocycles. The largest absolute Gasteiger partial charge is 0.494 e. The van der Waals surface area contributed by atoms with Gasteiger partial charge in [-0.1, -0.05) is 6.58 Å². The smallest absolute Gasteiger partial charge is 0.250 e. The van der Waals surface area contributed by atoms with Crippen molar-refractivity contribution < 1.29 is 31.9 Å². The molecule has 1 atom stereocenters. The van der Waals surface area contributed by atoms with E-state index in [1.165, 1.54) is 24.6 Å². The molecule has 3 fully saturated rings. The van der Waals surface area contributed by atoms with Gasteiger partial charge in [0.05, 0.1) is 36.8 Å². The lowest BCUT2D eigenvalue weighted by Crippen LogP contribution is -2.49. The van der Waals surface area contributed by atoms with E-state index in [-0.39, 0.29) is 24.4 Å². The zero-order chi connectivity index (χ0) is 33.1. The summed E-state index contributed by atoms with van der Waals surface area (Å²) >= 11 is 0. The molecule has 0 saturated carbocycles. The summed E-state index contributed by atoms with van der Waals surface area (Å²) in [6, 6.07) is 8.14. The number of benzene rings is 2. The van der Waals surface area contributed by atoms with Gasteiger partial charge in [-0.15, -0.1) is 0 Å². The summed E-state index contributed by atoms with van der Waals surface area (Å²) in [5, 5.41) is 7.56. The minimum Gasteiger partial charge on any atom is -0.494 e. The van der Waals surface area contributed by atoms with Crippen LogP contribution in [0.15, 0.2) is 55.4 Å². The van der Waals surface area contributed by atoms with Gasteiger partial charge < -0.3 is 20.3 Å². The molecule has 47 heavy (non-hydrogen) atoms. The number of nitrogens with zero attached hydrogens (tertiary/aromatic N) is 5. The molecule has 2 N–H and O–H groups in total. The van der Waals surface area contributed by atoms with Gasteiger partial charge in [-0.3, -0.25) is 14.5 Å². The second-order valence-corrected chi connectivity index (χ2v) is 11.9. The Labute approximate surface area is 270 Å². The second-order valence-electron chi connectivity index (χ2n) is 11.9. The lowest BCUT2D eigenvalue weighted by Gasteiger charge is -2.42. The Bertz CT molecular complexity index is 1610. The predicted molar refractivity (Wildman–Crippen MR) is 170 cm³/mol. The highest BCUT2D eigenvalue weighted by Gasteiger charge is 2.37. The van der Waals surface area contributed by atoms with Crippen molar-refractivity contribution in [2.24, 2.45) is 0 Å². The van der Waals surface area contributed by atoms with E-state index in [9.17, 15) is 22.4 Å².